The molecule has 0 saturated heterocycles. The van der Waals surface area contributed by atoms with Gasteiger partial charge in [-0.15, -0.1) is 0 Å². The predicted octanol–water partition coefficient (Wildman–Crippen LogP) is 4.21. The fraction of sp³-hybridized carbons (Fsp3) is 0.276. The smallest absolute Gasteiger partial charge is 0.336 e. The predicted molar refractivity (Wildman–Crippen MR) is 143 cm³/mol. The highest BCUT2D eigenvalue weighted by molar-refractivity contribution is 6.07. The van der Waals surface area contributed by atoms with Crippen LogP contribution in [0.25, 0.3) is 6.08 Å². The monoisotopic (exact) mass is 514 g/mol. The molecule has 38 heavy (non-hydrogen) atoms. The summed E-state index contributed by atoms with van der Waals surface area (Å²) in [6, 6.07) is 11.6. The molecule has 1 aliphatic rings. The van der Waals surface area contributed by atoms with Crippen LogP contribution in [0, 0.1) is 5.92 Å². The Morgan fingerprint density at radius 2 is 1.87 bits per heavy atom. The zero-order valence-corrected chi connectivity index (χ0v) is 21.8. The average Bonchev–Trinajstić information content (AvgIpc) is 3.44. The molecule has 3 aromatic rings. The summed E-state index contributed by atoms with van der Waals surface area (Å²) in [6.07, 6.45) is 10.7. The van der Waals surface area contributed by atoms with Crippen LogP contribution < -0.4 is 4.74 Å². The van der Waals surface area contributed by atoms with Crippen LogP contribution in [0.3, 0.4) is 0 Å². The average molecular weight is 515 g/mol. The molecule has 1 aliphatic heterocycles. The number of aromatic nitrogens is 3. The van der Waals surface area contributed by atoms with Gasteiger partial charge in [0.1, 0.15) is 12.5 Å². The summed E-state index contributed by atoms with van der Waals surface area (Å²) < 4.78 is 18.1. The maximum atomic E-state index is 13.4. The number of aliphatic imine (C=N–C) groups is 1. The van der Waals surface area contributed by atoms with E-state index >= 15 is 0 Å². The van der Waals surface area contributed by atoms with Crippen molar-refractivity contribution in [2.24, 2.45) is 10.9 Å². The number of imidazole rings is 1. The molecule has 0 N–H and O–H groups in total. The molecule has 0 bridgehead atoms. The molecule has 2 unspecified atom stereocenters. The van der Waals surface area contributed by atoms with E-state index < -0.39 is 23.8 Å². The van der Waals surface area contributed by atoms with Gasteiger partial charge >= 0.3 is 11.9 Å². The molecule has 4 rings (SSSR count). The van der Waals surface area contributed by atoms with Gasteiger partial charge in [-0.3, -0.25) is 9.79 Å². The second-order valence-electron chi connectivity index (χ2n) is 8.81. The van der Waals surface area contributed by atoms with Gasteiger partial charge in [-0.1, -0.05) is 36.4 Å². The first kappa shape index (κ1) is 26.5. The van der Waals surface area contributed by atoms with Gasteiger partial charge in [-0.05, 0) is 37.1 Å². The van der Waals surface area contributed by atoms with Crippen LogP contribution in [0.4, 0.5) is 0 Å². The Balaban J connectivity index is 1.50. The van der Waals surface area contributed by atoms with E-state index in [9.17, 15) is 9.59 Å². The number of rotatable bonds is 9. The van der Waals surface area contributed by atoms with Crippen LogP contribution in [0.5, 0.6) is 5.88 Å². The minimum Gasteiger partial charge on any atom is -0.481 e. The fourth-order valence-corrected chi connectivity index (χ4v) is 4.59. The van der Waals surface area contributed by atoms with Gasteiger partial charge in [-0.2, -0.15) is 0 Å². The molecule has 0 saturated carbocycles. The Morgan fingerprint density at radius 3 is 2.55 bits per heavy atom. The molecule has 1 aromatic carbocycles. The highest BCUT2D eigenvalue weighted by Gasteiger charge is 2.43. The second-order valence-corrected chi connectivity index (χ2v) is 8.81. The van der Waals surface area contributed by atoms with Gasteiger partial charge in [0.05, 0.1) is 26.1 Å². The van der Waals surface area contributed by atoms with E-state index in [0.717, 1.165) is 17.7 Å². The third kappa shape index (κ3) is 5.88. The van der Waals surface area contributed by atoms with E-state index in [-0.39, 0.29) is 12.2 Å². The van der Waals surface area contributed by atoms with E-state index in [1.165, 1.54) is 14.2 Å². The zero-order chi connectivity index (χ0) is 27.1. The Labute approximate surface area is 221 Å². The lowest BCUT2D eigenvalue weighted by molar-refractivity contribution is -0.143. The molecule has 196 valence electrons. The lowest BCUT2D eigenvalue weighted by Crippen LogP contribution is -2.36. The van der Waals surface area contributed by atoms with Crippen LogP contribution in [0.2, 0.25) is 0 Å². The first-order chi connectivity index (χ1) is 18.4. The molecule has 0 spiro atoms. The molecule has 0 fully saturated rings. The van der Waals surface area contributed by atoms with Crippen molar-refractivity contribution >= 4 is 23.7 Å². The molecule has 3 heterocycles. The number of hydrogen-bond donors (Lipinski definition) is 0. The zero-order valence-electron chi connectivity index (χ0n) is 21.8. The number of esters is 2. The second kappa shape index (κ2) is 12.1. The number of carbonyl (C=O) groups excluding carboxylic acids is 2. The van der Waals surface area contributed by atoms with E-state index in [1.807, 2.05) is 41.1 Å². The Kier molecular flexibility index (Phi) is 8.47. The van der Waals surface area contributed by atoms with E-state index in [2.05, 4.69) is 15.0 Å². The van der Waals surface area contributed by atoms with Crippen molar-refractivity contribution in [3.8, 4) is 5.88 Å². The van der Waals surface area contributed by atoms with Crippen molar-refractivity contribution in [3.05, 3.63) is 95.4 Å². The van der Waals surface area contributed by atoms with Crippen molar-refractivity contribution in [2.45, 2.75) is 26.3 Å². The van der Waals surface area contributed by atoms with Gasteiger partial charge in [0.25, 0.3) is 0 Å². The van der Waals surface area contributed by atoms with Gasteiger partial charge in [0, 0.05) is 48.0 Å². The van der Waals surface area contributed by atoms with Crippen molar-refractivity contribution in [1.29, 1.82) is 0 Å². The van der Waals surface area contributed by atoms with Gasteiger partial charge in [0.15, 0.2) is 0 Å². The summed E-state index contributed by atoms with van der Waals surface area (Å²) in [5.74, 6) is -2.29. The third-order valence-electron chi connectivity index (χ3n) is 6.36. The van der Waals surface area contributed by atoms with Gasteiger partial charge in [0.2, 0.25) is 5.88 Å². The van der Waals surface area contributed by atoms with E-state index in [1.54, 1.807) is 50.8 Å². The summed E-state index contributed by atoms with van der Waals surface area (Å²) in [6.45, 7) is 4.26. The highest BCUT2D eigenvalue weighted by atomic mass is 16.5. The Hall–Kier alpha value is -4.53. The summed E-state index contributed by atoms with van der Waals surface area (Å²) in [4.78, 5) is 39.0. The van der Waals surface area contributed by atoms with Crippen LogP contribution in [0.1, 0.15) is 36.5 Å². The molecule has 9 nitrogen and oxygen atoms in total. The van der Waals surface area contributed by atoms with E-state index in [0.29, 0.717) is 22.9 Å². The highest BCUT2D eigenvalue weighted by Crippen LogP contribution is 2.42. The topological polar surface area (TPSA) is 105 Å². The number of allylic oxidation sites excluding steroid dienone is 1. The minimum atomic E-state index is -0.819. The van der Waals surface area contributed by atoms with Crippen LogP contribution in [-0.2, 0) is 25.6 Å². The number of benzene rings is 1. The first-order valence-electron chi connectivity index (χ1n) is 12.1. The third-order valence-corrected chi connectivity index (χ3v) is 6.36. The number of pyridine rings is 1. The molecule has 0 amide bonds. The van der Waals surface area contributed by atoms with Crippen molar-refractivity contribution in [3.63, 3.8) is 0 Å². The van der Waals surface area contributed by atoms with Crippen LogP contribution in [-0.4, -0.2) is 53.0 Å². The maximum absolute atomic E-state index is 13.4. The lowest BCUT2D eigenvalue weighted by Gasteiger charge is -2.31. The molecule has 0 radical (unpaired) electrons. The van der Waals surface area contributed by atoms with Gasteiger partial charge < -0.3 is 18.8 Å². The number of nitrogens with zero attached hydrogens (tertiary/aromatic N) is 4. The molecule has 2 atom stereocenters. The number of ether oxygens (including phenoxy) is 3. The fourth-order valence-electron chi connectivity index (χ4n) is 4.59. The quantitative estimate of drug-likeness (QED) is 0.394. The normalized spacial score (nSPS) is 17.3. The van der Waals surface area contributed by atoms with Crippen LogP contribution in [0.15, 0.2) is 83.7 Å². The lowest BCUT2D eigenvalue weighted by atomic mass is 9.76. The van der Waals surface area contributed by atoms with Gasteiger partial charge in [-0.25, -0.2) is 14.8 Å². The SMILES string of the molecule is COC(=O)C1C(C)=NC(C)=C(C(=O)OCC=Cc2ccc(Cn3ccnc3)cc2)C1c1cccnc1OC. The summed E-state index contributed by atoms with van der Waals surface area (Å²) in [5, 5.41) is 0. The standard InChI is InChI=1S/C29H30N4O5/c1-19-24(28(34)37-4)26(23-8-5-13-31-27(23)36-3)25(20(2)32-19)29(35)38-16-6-7-21-9-11-22(12-10-21)17-33-15-14-30-18-33/h5-15,18,24,26H,16-17H2,1-4H3. The summed E-state index contributed by atoms with van der Waals surface area (Å²) in [5.41, 5.74) is 4.00. The maximum Gasteiger partial charge on any atom is 0.336 e. The molecule has 2 aromatic heterocycles. The summed E-state index contributed by atoms with van der Waals surface area (Å²) >= 11 is 0. The number of methoxy groups -OCH3 is 2. The molecular weight excluding hydrogens is 484 g/mol. The summed E-state index contributed by atoms with van der Waals surface area (Å²) in [7, 11) is 2.80. The van der Waals surface area contributed by atoms with Crippen molar-refractivity contribution in [1.82, 2.24) is 14.5 Å². The minimum absolute atomic E-state index is 0.0505. The largest absolute Gasteiger partial charge is 0.481 e. The number of carbonyl (C=O) groups is 2. The molecule has 9 heteroatoms. The van der Waals surface area contributed by atoms with Crippen molar-refractivity contribution < 1.29 is 23.8 Å². The number of hydrogen-bond acceptors (Lipinski definition) is 8. The Morgan fingerprint density at radius 1 is 1.08 bits per heavy atom. The van der Waals surface area contributed by atoms with E-state index in [4.69, 9.17) is 14.2 Å². The first-order valence-corrected chi connectivity index (χ1v) is 12.1. The van der Waals surface area contributed by atoms with Crippen LogP contribution >= 0.6 is 0 Å². The molecule has 0 aliphatic carbocycles. The molecular formula is C29H30N4O5. The Bertz CT molecular complexity index is 1370. The van der Waals surface area contributed by atoms with Crippen molar-refractivity contribution in [2.75, 3.05) is 20.8 Å².